The molecule has 1 aliphatic rings. The fourth-order valence-corrected chi connectivity index (χ4v) is 3.48. The summed E-state index contributed by atoms with van der Waals surface area (Å²) in [5.41, 5.74) is 8.18. The molecule has 0 aromatic heterocycles. The summed E-state index contributed by atoms with van der Waals surface area (Å²) in [4.78, 5) is 0. The summed E-state index contributed by atoms with van der Waals surface area (Å²) in [7, 11) is 0. The van der Waals surface area contributed by atoms with Crippen molar-refractivity contribution in [1.29, 1.82) is 0 Å². The molecule has 0 amide bonds. The Hall–Kier alpha value is -1.87. The lowest BCUT2D eigenvalue weighted by molar-refractivity contribution is 0.239. The lowest BCUT2D eigenvalue weighted by Gasteiger charge is -2.26. The summed E-state index contributed by atoms with van der Waals surface area (Å²) < 4.78 is 19.1. The molecule has 1 saturated carbocycles. The van der Waals surface area contributed by atoms with Crippen LogP contribution in [0.3, 0.4) is 0 Å². The van der Waals surface area contributed by atoms with Crippen LogP contribution in [0.15, 0.2) is 48.5 Å². The predicted octanol–water partition coefficient (Wildman–Crippen LogP) is 4.66. The molecule has 0 aliphatic heterocycles. The molecule has 0 heterocycles. The summed E-state index contributed by atoms with van der Waals surface area (Å²) in [6.45, 7) is 4.99. The number of hydrogen-bond donors (Lipinski definition) is 1. The van der Waals surface area contributed by atoms with Gasteiger partial charge < -0.3 is 10.5 Å². The molecule has 3 heteroatoms. The topological polar surface area (TPSA) is 35.2 Å². The highest BCUT2D eigenvalue weighted by atomic mass is 19.1. The molecule has 0 spiro atoms. The third-order valence-electron chi connectivity index (χ3n) is 5.32. The first kappa shape index (κ1) is 17.0. The van der Waals surface area contributed by atoms with Crippen molar-refractivity contribution < 1.29 is 9.13 Å². The van der Waals surface area contributed by atoms with Gasteiger partial charge in [0.25, 0.3) is 0 Å². The van der Waals surface area contributed by atoms with E-state index in [1.165, 1.54) is 24.1 Å². The first-order chi connectivity index (χ1) is 11.5. The molecule has 24 heavy (non-hydrogen) atoms. The number of benzene rings is 2. The van der Waals surface area contributed by atoms with Gasteiger partial charge in [0.15, 0.2) is 0 Å². The molecule has 128 valence electrons. The first-order valence-electron chi connectivity index (χ1n) is 8.72. The quantitative estimate of drug-likeness (QED) is 0.867. The number of hydrogen-bond acceptors (Lipinski definition) is 2. The second-order valence-electron chi connectivity index (χ2n) is 7.32. The Morgan fingerprint density at radius 1 is 1.00 bits per heavy atom. The summed E-state index contributed by atoms with van der Waals surface area (Å²) in [5.74, 6) is 1.15. The van der Waals surface area contributed by atoms with E-state index >= 15 is 0 Å². The van der Waals surface area contributed by atoms with Crippen LogP contribution in [-0.2, 0) is 5.41 Å². The van der Waals surface area contributed by atoms with Gasteiger partial charge in [-0.1, -0.05) is 44.5 Å². The average Bonchev–Trinajstić information content (AvgIpc) is 2.99. The predicted molar refractivity (Wildman–Crippen MR) is 95.8 cm³/mol. The zero-order valence-electron chi connectivity index (χ0n) is 14.5. The van der Waals surface area contributed by atoms with E-state index in [0.717, 1.165) is 24.2 Å². The number of rotatable bonds is 5. The molecule has 2 unspecified atom stereocenters. The van der Waals surface area contributed by atoms with Crippen LogP contribution < -0.4 is 10.5 Å². The number of ether oxygens (including phenoxy) is 1. The highest BCUT2D eigenvalue weighted by Crippen LogP contribution is 2.33. The SMILES string of the molecule is CC(C)(c1ccc(F)cc1)c1ccc(OCC2CCCC2N)cc1. The molecule has 1 aliphatic carbocycles. The van der Waals surface area contributed by atoms with Crippen LogP contribution in [0.2, 0.25) is 0 Å². The van der Waals surface area contributed by atoms with Gasteiger partial charge in [0.05, 0.1) is 6.61 Å². The summed E-state index contributed by atoms with van der Waals surface area (Å²) in [6, 6.07) is 15.2. The molecule has 0 bridgehead atoms. The van der Waals surface area contributed by atoms with Gasteiger partial charge >= 0.3 is 0 Å². The van der Waals surface area contributed by atoms with E-state index in [4.69, 9.17) is 10.5 Å². The van der Waals surface area contributed by atoms with E-state index in [-0.39, 0.29) is 17.3 Å². The molecule has 2 N–H and O–H groups in total. The van der Waals surface area contributed by atoms with Gasteiger partial charge in [-0.25, -0.2) is 4.39 Å². The maximum absolute atomic E-state index is 13.1. The maximum Gasteiger partial charge on any atom is 0.123 e. The lowest BCUT2D eigenvalue weighted by Crippen LogP contribution is -2.28. The third kappa shape index (κ3) is 3.62. The van der Waals surface area contributed by atoms with E-state index in [2.05, 4.69) is 26.0 Å². The fourth-order valence-electron chi connectivity index (χ4n) is 3.48. The van der Waals surface area contributed by atoms with Crippen LogP contribution in [0.5, 0.6) is 5.75 Å². The van der Waals surface area contributed by atoms with Crippen LogP contribution in [0.4, 0.5) is 4.39 Å². The second-order valence-corrected chi connectivity index (χ2v) is 7.32. The Balaban J connectivity index is 1.68. The zero-order chi connectivity index (χ0) is 17.2. The Kier molecular flexibility index (Phi) is 4.91. The molecule has 2 aromatic rings. The van der Waals surface area contributed by atoms with Crippen molar-refractivity contribution in [3.8, 4) is 5.75 Å². The molecular weight excluding hydrogens is 301 g/mol. The van der Waals surface area contributed by atoms with Crippen molar-refractivity contribution in [2.75, 3.05) is 6.61 Å². The Bertz CT molecular complexity index is 663. The van der Waals surface area contributed by atoms with Crippen molar-refractivity contribution in [3.05, 3.63) is 65.5 Å². The maximum atomic E-state index is 13.1. The minimum absolute atomic E-state index is 0.181. The molecule has 3 rings (SSSR count). The molecule has 0 radical (unpaired) electrons. The van der Waals surface area contributed by atoms with Crippen LogP contribution in [0.25, 0.3) is 0 Å². The van der Waals surface area contributed by atoms with Crippen molar-refractivity contribution in [3.63, 3.8) is 0 Å². The van der Waals surface area contributed by atoms with Crippen molar-refractivity contribution in [1.82, 2.24) is 0 Å². The van der Waals surface area contributed by atoms with Gasteiger partial charge in [-0.2, -0.15) is 0 Å². The normalized spacial score (nSPS) is 21.0. The van der Waals surface area contributed by atoms with E-state index in [0.29, 0.717) is 12.5 Å². The summed E-state index contributed by atoms with van der Waals surface area (Å²) >= 11 is 0. The van der Waals surface area contributed by atoms with Gasteiger partial charge in [0.1, 0.15) is 11.6 Å². The smallest absolute Gasteiger partial charge is 0.123 e. The lowest BCUT2D eigenvalue weighted by atomic mass is 9.78. The van der Waals surface area contributed by atoms with Crippen LogP contribution in [0.1, 0.15) is 44.2 Å². The van der Waals surface area contributed by atoms with Gasteiger partial charge in [-0.05, 0) is 48.2 Å². The van der Waals surface area contributed by atoms with E-state index < -0.39 is 0 Å². The third-order valence-corrected chi connectivity index (χ3v) is 5.32. The minimum Gasteiger partial charge on any atom is -0.493 e. The molecule has 0 saturated heterocycles. The first-order valence-corrected chi connectivity index (χ1v) is 8.72. The standard InChI is InChI=1S/C21H26FNO/c1-21(2,16-6-10-18(22)11-7-16)17-8-12-19(13-9-17)24-14-15-4-3-5-20(15)23/h6-13,15,20H,3-5,14,23H2,1-2H3. The number of nitrogens with two attached hydrogens (primary N) is 1. The zero-order valence-corrected chi connectivity index (χ0v) is 14.5. The Morgan fingerprint density at radius 2 is 1.58 bits per heavy atom. The van der Waals surface area contributed by atoms with Crippen LogP contribution >= 0.6 is 0 Å². The van der Waals surface area contributed by atoms with Gasteiger partial charge in [0.2, 0.25) is 0 Å². The largest absolute Gasteiger partial charge is 0.493 e. The molecule has 2 atom stereocenters. The Labute approximate surface area is 143 Å². The second kappa shape index (κ2) is 6.94. The van der Waals surface area contributed by atoms with Crippen molar-refractivity contribution >= 4 is 0 Å². The summed E-state index contributed by atoms with van der Waals surface area (Å²) in [5, 5.41) is 0. The highest BCUT2D eigenvalue weighted by molar-refractivity contribution is 5.40. The summed E-state index contributed by atoms with van der Waals surface area (Å²) in [6.07, 6.45) is 3.48. The monoisotopic (exact) mass is 327 g/mol. The van der Waals surface area contributed by atoms with E-state index in [1.54, 1.807) is 0 Å². The molecule has 2 nitrogen and oxygen atoms in total. The highest BCUT2D eigenvalue weighted by Gasteiger charge is 2.25. The molecule has 1 fully saturated rings. The molecule has 2 aromatic carbocycles. The van der Waals surface area contributed by atoms with Gasteiger partial charge in [-0.3, -0.25) is 0 Å². The Morgan fingerprint density at radius 3 is 2.12 bits per heavy atom. The van der Waals surface area contributed by atoms with Crippen molar-refractivity contribution in [2.45, 2.75) is 44.6 Å². The average molecular weight is 327 g/mol. The van der Waals surface area contributed by atoms with Gasteiger partial charge in [0, 0.05) is 17.4 Å². The van der Waals surface area contributed by atoms with E-state index in [1.807, 2.05) is 24.3 Å². The molecular formula is C21H26FNO. The van der Waals surface area contributed by atoms with E-state index in [9.17, 15) is 4.39 Å². The van der Waals surface area contributed by atoms with Crippen molar-refractivity contribution in [2.24, 2.45) is 11.7 Å². The number of halogens is 1. The van der Waals surface area contributed by atoms with Crippen LogP contribution in [-0.4, -0.2) is 12.6 Å². The van der Waals surface area contributed by atoms with Gasteiger partial charge in [-0.15, -0.1) is 0 Å². The minimum atomic E-state index is -0.205. The van der Waals surface area contributed by atoms with Crippen LogP contribution in [0, 0.1) is 11.7 Å². The fraction of sp³-hybridized carbons (Fsp3) is 0.429.